The van der Waals surface area contributed by atoms with Crippen LogP contribution in [0.1, 0.15) is 5.56 Å². The zero-order valence-corrected chi connectivity index (χ0v) is 19.3. The first-order chi connectivity index (χ1) is 14.8. The molecule has 1 unspecified atom stereocenters. The Bertz CT molecular complexity index is 1400. The average molecular weight is 497 g/mol. The lowest BCUT2D eigenvalue weighted by Gasteiger charge is -2.06. The number of thiophene rings is 1. The van der Waals surface area contributed by atoms with Crippen molar-refractivity contribution >= 4 is 60.7 Å². The molecule has 12 heteroatoms. The Labute approximate surface area is 190 Å². The number of fused-ring (bicyclic) bond motifs is 1. The molecule has 3 N–H and O–H groups in total. The third kappa shape index (κ3) is 4.60. The van der Waals surface area contributed by atoms with Crippen molar-refractivity contribution in [2.24, 2.45) is 5.14 Å². The van der Waals surface area contributed by atoms with E-state index < -0.39 is 21.0 Å². The van der Waals surface area contributed by atoms with E-state index in [4.69, 9.17) is 21.5 Å². The van der Waals surface area contributed by atoms with Gasteiger partial charge in [0.2, 0.25) is 10.0 Å². The normalized spacial score (nSPS) is 12.7. The standard InChI is InChI=1S/C19H17ClN4O4S3/c1-28-15-7-3-6-14-18(15)19(23-30(25)17-9-8-16(20)29-17)22-24(14)11-12-4-2-5-13(10-12)31(21,26)27/h2-10H,11H2,1H3,(H,22,23)(H2,21,26,27). The van der Waals surface area contributed by atoms with Gasteiger partial charge in [-0.15, -0.1) is 11.3 Å². The van der Waals surface area contributed by atoms with Crippen molar-refractivity contribution < 1.29 is 17.4 Å². The molecule has 4 aromatic rings. The van der Waals surface area contributed by atoms with Gasteiger partial charge in [0.05, 0.1) is 33.8 Å². The Kier molecular flexibility index (Phi) is 6.04. The number of primary sulfonamides is 1. The van der Waals surface area contributed by atoms with Crippen molar-refractivity contribution in [3.05, 3.63) is 64.5 Å². The topological polar surface area (TPSA) is 116 Å². The highest BCUT2D eigenvalue weighted by Gasteiger charge is 2.18. The Balaban J connectivity index is 1.76. The van der Waals surface area contributed by atoms with E-state index >= 15 is 0 Å². The van der Waals surface area contributed by atoms with Gasteiger partial charge in [-0.25, -0.2) is 17.8 Å². The summed E-state index contributed by atoms with van der Waals surface area (Å²) in [6.45, 7) is 0.270. The van der Waals surface area contributed by atoms with Gasteiger partial charge < -0.3 is 4.74 Å². The molecule has 0 saturated carbocycles. The number of ether oxygens (including phenoxy) is 1. The molecule has 2 aromatic heterocycles. The number of nitrogens with two attached hydrogens (primary N) is 1. The fourth-order valence-corrected chi connectivity index (χ4v) is 5.89. The van der Waals surface area contributed by atoms with Gasteiger partial charge in [-0.1, -0.05) is 29.8 Å². The van der Waals surface area contributed by atoms with E-state index in [9.17, 15) is 12.6 Å². The highest BCUT2D eigenvalue weighted by atomic mass is 35.5. The monoisotopic (exact) mass is 496 g/mol. The summed E-state index contributed by atoms with van der Waals surface area (Å²) in [4.78, 5) is 0.0214. The molecule has 0 spiro atoms. The predicted octanol–water partition coefficient (Wildman–Crippen LogP) is 3.59. The van der Waals surface area contributed by atoms with Crippen molar-refractivity contribution in [3.63, 3.8) is 0 Å². The number of nitrogens with one attached hydrogen (secondary N) is 1. The van der Waals surface area contributed by atoms with Crippen LogP contribution in [-0.4, -0.2) is 29.5 Å². The van der Waals surface area contributed by atoms with Crippen LogP contribution in [0.15, 0.2) is 63.7 Å². The Morgan fingerprint density at radius 1 is 1.23 bits per heavy atom. The average Bonchev–Trinajstić information content (AvgIpc) is 3.32. The minimum absolute atomic E-state index is 0.0214. The van der Waals surface area contributed by atoms with Gasteiger partial charge in [-0.05, 0) is 42.0 Å². The largest absolute Gasteiger partial charge is 0.496 e. The number of rotatable bonds is 7. The number of hydrogen-bond donors (Lipinski definition) is 2. The Hall–Kier alpha value is -2.44. The van der Waals surface area contributed by atoms with Crippen LogP contribution >= 0.6 is 22.9 Å². The lowest BCUT2D eigenvalue weighted by atomic mass is 10.2. The third-order valence-electron chi connectivity index (χ3n) is 4.44. The van der Waals surface area contributed by atoms with Crippen LogP contribution in [0.3, 0.4) is 0 Å². The molecule has 2 aromatic carbocycles. The van der Waals surface area contributed by atoms with Gasteiger partial charge in [-0.3, -0.25) is 9.40 Å². The number of hydrogen-bond acceptors (Lipinski definition) is 6. The first kappa shape index (κ1) is 21.8. The number of methoxy groups -OCH3 is 1. The van der Waals surface area contributed by atoms with Crippen LogP contribution in [0, 0.1) is 0 Å². The van der Waals surface area contributed by atoms with Crippen LogP contribution < -0.4 is 14.6 Å². The second-order valence-corrected chi connectivity index (χ2v) is 11.2. The smallest absolute Gasteiger partial charge is 0.238 e. The van der Waals surface area contributed by atoms with Crippen LogP contribution in [0.4, 0.5) is 5.82 Å². The van der Waals surface area contributed by atoms with Gasteiger partial charge in [0.1, 0.15) is 9.96 Å². The first-order valence-corrected chi connectivity index (χ1v) is 12.7. The molecule has 0 aliphatic rings. The van der Waals surface area contributed by atoms with E-state index in [2.05, 4.69) is 9.82 Å². The summed E-state index contributed by atoms with van der Waals surface area (Å²) in [5.41, 5.74) is 1.42. The van der Waals surface area contributed by atoms with Gasteiger partial charge in [0.25, 0.3) is 0 Å². The molecule has 1 atom stereocenters. The molecule has 0 fully saturated rings. The second kappa shape index (κ2) is 8.60. The van der Waals surface area contributed by atoms with Crippen molar-refractivity contribution in [3.8, 4) is 5.75 Å². The van der Waals surface area contributed by atoms with E-state index in [1.807, 2.05) is 12.1 Å². The van der Waals surface area contributed by atoms with E-state index in [0.717, 1.165) is 5.52 Å². The van der Waals surface area contributed by atoms with Crippen LogP contribution in [-0.2, 0) is 27.6 Å². The molecule has 31 heavy (non-hydrogen) atoms. The molecule has 0 saturated heterocycles. The lowest BCUT2D eigenvalue weighted by molar-refractivity contribution is 0.420. The minimum Gasteiger partial charge on any atom is -0.496 e. The summed E-state index contributed by atoms with van der Waals surface area (Å²) in [6, 6.07) is 15.2. The number of halogens is 1. The molecule has 0 radical (unpaired) electrons. The maximum absolute atomic E-state index is 12.8. The number of aromatic nitrogens is 2. The van der Waals surface area contributed by atoms with Gasteiger partial charge >= 0.3 is 0 Å². The first-order valence-electron chi connectivity index (χ1n) is 8.85. The summed E-state index contributed by atoms with van der Waals surface area (Å²) in [5.74, 6) is 0.934. The van der Waals surface area contributed by atoms with Gasteiger partial charge in [0.15, 0.2) is 16.8 Å². The van der Waals surface area contributed by atoms with Crippen molar-refractivity contribution in [1.29, 1.82) is 0 Å². The quantitative estimate of drug-likeness (QED) is 0.405. The molecule has 2 heterocycles. The predicted molar refractivity (Wildman–Crippen MR) is 123 cm³/mol. The third-order valence-corrected chi connectivity index (χ3v) is 7.96. The molecular formula is C19H17ClN4O4S3. The number of sulfonamides is 1. The summed E-state index contributed by atoms with van der Waals surface area (Å²) in [6.07, 6.45) is 0. The fourth-order valence-electron chi connectivity index (χ4n) is 3.09. The Morgan fingerprint density at radius 2 is 2.00 bits per heavy atom. The van der Waals surface area contributed by atoms with E-state index in [1.165, 1.54) is 23.5 Å². The highest BCUT2D eigenvalue weighted by Crippen LogP contribution is 2.34. The summed E-state index contributed by atoms with van der Waals surface area (Å²) >= 11 is 7.17. The van der Waals surface area contributed by atoms with Crippen molar-refractivity contribution in [2.45, 2.75) is 15.6 Å². The van der Waals surface area contributed by atoms with E-state index in [0.29, 0.717) is 31.1 Å². The minimum atomic E-state index is -3.82. The fraction of sp³-hybridized carbons (Fsp3) is 0.105. The maximum atomic E-state index is 12.8. The van der Waals surface area contributed by atoms with Gasteiger partial charge in [-0.2, -0.15) is 5.10 Å². The lowest BCUT2D eigenvalue weighted by Crippen LogP contribution is -2.13. The molecule has 0 aliphatic heterocycles. The molecule has 0 bridgehead atoms. The molecular weight excluding hydrogens is 480 g/mol. The van der Waals surface area contributed by atoms with E-state index in [1.54, 1.807) is 42.1 Å². The molecule has 4 rings (SSSR count). The van der Waals surface area contributed by atoms with E-state index in [-0.39, 0.29) is 11.4 Å². The maximum Gasteiger partial charge on any atom is 0.238 e. The SMILES string of the molecule is COc1cccc2c1c(NS(=O)c1ccc(Cl)s1)nn2Cc1cccc(S(N)(=O)=O)c1. The van der Waals surface area contributed by atoms with Crippen LogP contribution in [0.25, 0.3) is 10.9 Å². The number of nitrogens with zero attached hydrogens (tertiary/aromatic N) is 2. The molecule has 0 aliphatic carbocycles. The summed E-state index contributed by atoms with van der Waals surface area (Å²) in [5, 5.41) is 10.5. The zero-order valence-electron chi connectivity index (χ0n) is 16.1. The van der Waals surface area contributed by atoms with Crippen LogP contribution in [0.5, 0.6) is 5.75 Å². The summed E-state index contributed by atoms with van der Waals surface area (Å²) in [7, 11) is -3.85. The zero-order chi connectivity index (χ0) is 22.2. The molecule has 162 valence electrons. The summed E-state index contributed by atoms with van der Waals surface area (Å²) < 4.78 is 47.3. The number of benzene rings is 2. The molecule has 8 nitrogen and oxygen atoms in total. The molecule has 0 amide bonds. The van der Waals surface area contributed by atoms with Crippen molar-refractivity contribution in [2.75, 3.05) is 11.8 Å². The highest BCUT2D eigenvalue weighted by molar-refractivity contribution is 7.89. The Morgan fingerprint density at radius 3 is 2.68 bits per heavy atom. The number of anilines is 1. The second-order valence-electron chi connectivity index (χ2n) is 6.48. The van der Waals surface area contributed by atoms with Crippen molar-refractivity contribution in [1.82, 2.24) is 9.78 Å². The van der Waals surface area contributed by atoms with Gasteiger partial charge in [0, 0.05) is 0 Å². The van der Waals surface area contributed by atoms with Crippen LogP contribution in [0.2, 0.25) is 4.34 Å².